The van der Waals surface area contributed by atoms with E-state index < -0.39 is 0 Å². The van der Waals surface area contributed by atoms with Crippen LogP contribution < -0.4 is 5.73 Å². The average Bonchev–Trinajstić information content (AvgIpc) is 2.33. The molecule has 0 spiro atoms. The summed E-state index contributed by atoms with van der Waals surface area (Å²) in [5, 5.41) is 0. The van der Waals surface area contributed by atoms with Crippen molar-refractivity contribution < 1.29 is 0 Å². The van der Waals surface area contributed by atoms with Gasteiger partial charge in [-0.15, -0.1) is 0 Å². The van der Waals surface area contributed by atoms with Crippen LogP contribution in [0.25, 0.3) is 0 Å². The quantitative estimate of drug-likeness (QED) is 0.811. The lowest BCUT2D eigenvalue weighted by Gasteiger charge is -2.16. The number of nitrogens with zero attached hydrogens (tertiary/aromatic N) is 3. The van der Waals surface area contributed by atoms with Crippen LogP contribution in [0.3, 0.4) is 0 Å². The van der Waals surface area contributed by atoms with Gasteiger partial charge in [0.1, 0.15) is 5.84 Å². The highest BCUT2D eigenvalue weighted by atomic mass is 15.0. The molecule has 0 radical (unpaired) electrons. The van der Waals surface area contributed by atoms with Crippen LogP contribution in [0.4, 0.5) is 0 Å². The lowest BCUT2D eigenvalue weighted by atomic mass is 10.1. The molecule has 0 amide bonds. The van der Waals surface area contributed by atoms with Crippen molar-refractivity contribution in [2.24, 2.45) is 15.7 Å². The molecule has 0 saturated heterocycles. The van der Waals surface area contributed by atoms with Gasteiger partial charge in [-0.25, -0.2) is 0 Å². The number of allylic oxidation sites excluding steroid dienone is 1. The van der Waals surface area contributed by atoms with Gasteiger partial charge in [0.05, 0.1) is 18.3 Å². The first kappa shape index (κ1) is 10.5. The Morgan fingerprint density at radius 1 is 1.38 bits per heavy atom. The minimum Gasteiger partial charge on any atom is -0.382 e. The van der Waals surface area contributed by atoms with Crippen molar-refractivity contribution in [3.05, 3.63) is 42.2 Å². The van der Waals surface area contributed by atoms with Gasteiger partial charge in [0.25, 0.3) is 0 Å². The second-order valence-electron chi connectivity index (χ2n) is 3.54. The molecule has 0 saturated carbocycles. The van der Waals surface area contributed by atoms with E-state index in [1.807, 2.05) is 31.2 Å². The summed E-state index contributed by atoms with van der Waals surface area (Å²) in [5.74, 6) is 0.517. The van der Waals surface area contributed by atoms with Crippen LogP contribution in [-0.4, -0.2) is 23.1 Å². The fourth-order valence-electron chi connectivity index (χ4n) is 1.59. The summed E-state index contributed by atoms with van der Waals surface area (Å²) in [6.07, 6.45) is 7.33. The molecule has 2 heterocycles. The molecule has 2 rings (SSSR count). The van der Waals surface area contributed by atoms with Crippen molar-refractivity contribution in [2.75, 3.05) is 6.54 Å². The van der Waals surface area contributed by atoms with Crippen molar-refractivity contribution in [3.8, 4) is 0 Å². The zero-order chi connectivity index (χ0) is 11.4. The molecule has 0 bridgehead atoms. The topological polar surface area (TPSA) is 63.6 Å². The molecule has 1 aliphatic heterocycles. The van der Waals surface area contributed by atoms with Gasteiger partial charge in [-0.1, -0.05) is 6.08 Å². The standard InChI is InChI=1S/C12H14N4/c1-2-3-10-12(13)15-8-11(16-10)9-4-6-14-7-5-9/h2-7,11H,8H2,1H3,(H2,13,15)/b3-2-. The van der Waals surface area contributed by atoms with E-state index in [4.69, 9.17) is 5.73 Å². The molecule has 1 aromatic rings. The number of hydrogen-bond acceptors (Lipinski definition) is 4. The Morgan fingerprint density at radius 2 is 2.12 bits per heavy atom. The van der Waals surface area contributed by atoms with Crippen LogP contribution >= 0.6 is 0 Å². The van der Waals surface area contributed by atoms with E-state index in [0.29, 0.717) is 12.4 Å². The summed E-state index contributed by atoms with van der Waals surface area (Å²) in [6.45, 7) is 2.54. The molecule has 4 heteroatoms. The number of pyridine rings is 1. The normalized spacial score (nSPS) is 20.7. The van der Waals surface area contributed by atoms with E-state index in [-0.39, 0.29) is 6.04 Å². The zero-order valence-corrected chi connectivity index (χ0v) is 9.17. The lowest BCUT2D eigenvalue weighted by molar-refractivity contribution is 0.732. The van der Waals surface area contributed by atoms with Crippen molar-refractivity contribution in [2.45, 2.75) is 13.0 Å². The molecule has 4 nitrogen and oxygen atoms in total. The maximum atomic E-state index is 5.76. The van der Waals surface area contributed by atoms with Gasteiger partial charge < -0.3 is 5.73 Å². The fourth-order valence-corrected chi connectivity index (χ4v) is 1.59. The summed E-state index contributed by atoms with van der Waals surface area (Å²) >= 11 is 0. The summed E-state index contributed by atoms with van der Waals surface area (Å²) < 4.78 is 0. The Labute approximate surface area is 94.6 Å². The molecule has 1 unspecified atom stereocenters. The van der Waals surface area contributed by atoms with E-state index in [1.165, 1.54) is 0 Å². The maximum Gasteiger partial charge on any atom is 0.144 e. The molecule has 2 N–H and O–H groups in total. The Bertz CT molecular complexity index is 445. The van der Waals surface area contributed by atoms with Crippen LogP contribution in [0.1, 0.15) is 18.5 Å². The molecule has 0 aromatic carbocycles. The maximum absolute atomic E-state index is 5.76. The summed E-state index contributed by atoms with van der Waals surface area (Å²) in [7, 11) is 0. The molecule has 0 aliphatic carbocycles. The Kier molecular flexibility index (Phi) is 3.10. The third-order valence-corrected chi connectivity index (χ3v) is 2.41. The van der Waals surface area contributed by atoms with Gasteiger partial charge in [0.15, 0.2) is 0 Å². The monoisotopic (exact) mass is 214 g/mol. The zero-order valence-electron chi connectivity index (χ0n) is 9.17. The smallest absolute Gasteiger partial charge is 0.144 e. The van der Waals surface area contributed by atoms with Gasteiger partial charge in [0, 0.05) is 12.4 Å². The van der Waals surface area contributed by atoms with Crippen LogP contribution in [0.15, 0.2) is 46.7 Å². The van der Waals surface area contributed by atoms with Crippen LogP contribution in [0.5, 0.6) is 0 Å². The average molecular weight is 214 g/mol. The third-order valence-electron chi connectivity index (χ3n) is 2.41. The van der Waals surface area contributed by atoms with Gasteiger partial charge in [0.2, 0.25) is 0 Å². The molecule has 0 fully saturated rings. The Hall–Kier alpha value is -1.97. The lowest BCUT2D eigenvalue weighted by Crippen LogP contribution is -2.27. The van der Waals surface area contributed by atoms with E-state index in [1.54, 1.807) is 12.4 Å². The van der Waals surface area contributed by atoms with Gasteiger partial charge in [-0.3, -0.25) is 15.0 Å². The molecular weight excluding hydrogens is 200 g/mol. The highest BCUT2D eigenvalue weighted by molar-refractivity contribution is 6.45. The van der Waals surface area contributed by atoms with Crippen LogP contribution in [0, 0.1) is 0 Å². The highest BCUT2D eigenvalue weighted by Crippen LogP contribution is 2.19. The van der Waals surface area contributed by atoms with Crippen LogP contribution in [0.2, 0.25) is 0 Å². The SMILES string of the molecule is C/C=C\C1=NC(c2ccncc2)CN=C1N. The van der Waals surface area contributed by atoms with Gasteiger partial charge in [-0.2, -0.15) is 0 Å². The number of aromatic nitrogens is 1. The van der Waals surface area contributed by atoms with Crippen molar-refractivity contribution in [1.29, 1.82) is 0 Å². The minimum atomic E-state index is 0.0569. The predicted molar refractivity (Wildman–Crippen MR) is 65.7 cm³/mol. The first-order chi connectivity index (χ1) is 7.81. The van der Waals surface area contributed by atoms with E-state index in [9.17, 15) is 0 Å². The molecule has 82 valence electrons. The number of rotatable bonds is 2. The predicted octanol–water partition coefficient (Wildman–Crippen LogP) is 1.51. The second-order valence-corrected chi connectivity index (χ2v) is 3.54. The van der Waals surface area contributed by atoms with Crippen LogP contribution in [-0.2, 0) is 0 Å². The molecule has 1 aliphatic rings. The number of hydrogen-bond donors (Lipinski definition) is 1. The minimum absolute atomic E-state index is 0.0569. The first-order valence-electron chi connectivity index (χ1n) is 5.22. The summed E-state index contributed by atoms with van der Waals surface area (Å²) in [4.78, 5) is 12.8. The largest absolute Gasteiger partial charge is 0.382 e. The van der Waals surface area contributed by atoms with E-state index in [2.05, 4.69) is 15.0 Å². The van der Waals surface area contributed by atoms with Gasteiger partial charge in [-0.05, 0) is 30.7 Å². The number of nitrogens with two attached hydrogens (primary N) is 1. The fraction of sp³-hybridized carbons (Fsp3) is 0.250. The van der Waals surface area contributed by atoms with Crippen molar-refractivity contribution in [3.63, 3.8) is 0 Å². The van der Waals surface area contributed by atoms with Crippen molar-refractivity contribution >= 4 is 11.5 Å². The Morgan fingerprint density at radius 3 is 2.81 bits per heavy atom. The molecule has 1 atom stereocenters. The third kappa shape index (κ3) is 2.16. The van der Waals surface area contributed by atoms with E-state index in [0.717, 1.165) is 11.3 Å². The Balaban J connectivity index is 2.27. The van der Waals surface area contributed by atoms with E-state index >= 15 is 0 Å². The first-order valence-corrected chi connectivity index (χ1v) is 5.22. The van der Waals surface area contributed by atoms with Gasteiger partial charge >= 0.3 is 0 Å². The molecular formula is C12H14N4. The molecule has 16 heavy (non-hydrogen) atoms. The van der Waals surface area contributed by atoms with Crippen molar-refractivity contribution in [1.82, 2.24) is 4.98 Å². The summed E-state index contributed by atoms with van der Waals surface area (Å²) in [6, 6.07) is 3.97. The number of amidine groups is 1. The second kappa shape index (κ2) is 4.70. The molecule has 1 aromatic heterocycles. The summed E-state index contributed by atoms with van der Waals surface area (Å²) in [5.41, 5.74) is 7.64. The number of aliphatic imine (C=N–C) groups is 2. The highest BCUT2D eigenvalue weighted by Gasteiger charge is 2.16.